The molecule has 2 heteroatoms. The second-order valence-electron chi connectivity index (χ2n) is 3.59. The number of thiol groups is 1. The van der Waals surface area contributed by atoms with Crippen LogP contribution in [-0.4, -0.2) is 29.3 Å². The first-order chi connectivity index (χ1) is 4.61. The van der Waals surface area contributed by atoms with E-state index in [1.807, 2.05) is 0 Å². The first kappa shape index (κ1) is 8.41. The summed E-state index contributed by atoms with van der Waals surface area (Å²) in [5.41, 5.74) is 0. The predicted molar refractivity (Wildman–Crippen MR) is 48.6 cm³/mol. The number of rotatable bonds is 1. The molecule has 2 unspecified atom stereocenters. The molecule has 1 saturated heterocycles. The summed E-state index contributed by atoms with van der Waals surface area (Å²) in [7, 11) is 0. The topological polar surface area (TPSA) is 3.24 Å². The SMILES string of the molecule is CC1CN(C(C)C)CC1S. The highest BCUT2D eigenvalue weighted by Crippen LogP contribution is 2.22. The molecule has 1 fully saturated rings. The van der Waals surface area contributed by atoms with Crippen molar-refractivity contribution in [2.45, 2.75) is 32.1 Å². The molecule has 0 aliphatic carbocycles. The van der Waals surface area contributed by atoms with E-state index in [-0.39, 0.29) is 0 Å². The molecule has 1 heterocycles. The van der Waals surface area contributed by atoms with Crippen LogP contribution in [0, 0.1) is 5.92 Å². The smallest absolute Gasteiger partial charge is 0.0182 e. The Labute approximate surface area is 69.2 Å². The molecule has 0 aromatic rings. The lowest BCUT2D eigenvalue weighted by Gasteiger charge is -2.19. The maximum Gasteiger partial charge on any atom is 0.0182 e. The van der Waals surface area contributed by atoms with Crippen molar-refractivity contribution in [1.82, 2.24) is 4.90 Å². The van der Waals surface area contributed by atoms with Crippen molar-refractivity contribution in [3.8, 4) is 0 Å². The second-order valence-corrected chi connectivity index (χ2v) is 4.26. The number of hydrogen-bond acceptors (Lipinski definition) is 2. The molecule has 0 amide bonds. The summed E-state index contributed by atoms with van der Waals surface area (Å²) in [5.74, 6) is 0.769. The number of likely N-dealkylation sites (tertiary alicyclic amines) is 1. The highest BCUT2D eigenvalue weighted by molar-refractivity contribution is 7.81. The Morgan fingerprint density at radius 2 is 2.00 bits per heavy atom. The highest BCUT2D eigenvalue weighted by atomic mass is 32.1. The quantitative estimate of drug-likeness (QED) is 0.569. The summed E-state index contributed by atoms with van der Waals surface area (Å²) in [6.07, 6.45) is 0. The van der Waals surface area contributed by atoms with Crippen LogP contribution in [0.3, 0.4) is 0 Å². The van der Waals surface area contributed by atoms with E-state index in [2.05, 4.69) is 38.3 Å². The molecule has 1 nitrogen and oxygen atoms in total. The van der Waals surface area contributed by atoms with Gasteiger partial charge < -0.3 is 0 Å². The fraction of sp³-hybridized carbons (Fsp3) is 1.00. The lowest BCUT2D eigenvalue weighted by atomic mass is 10.1. The number of hydrogen-bond donors (Lipinski definition) is 1. The van der Waals surface area contributed by atoms with Crippen molar-refractivity contribution in [2.24, 2.45) is 5.92 Å². The van der Waals surface area contributed by atoms with Gasteiger partial charge >= 0.3 is 0 Å². The average molecular weight is 159 g/mol. The summed E-state index contributed by atoms with van der Waals surface area (Å²) >= 11 is 4.50. The Hall–Kier alpha value is 0.310. The summed E-state index contributed by atoms with van der Waals surface area (Å²) in [5, 5.41) is 0.599. The molecule has 0 aromatic heterocycles. The minimum absolute atomic E-state index is 0.599. The third-order valence-electron chi connectivity index (χ3n) is 2.33. The van der Waals surface area contributed by atoms with Crippen LogP contribution < -0.4 is 0 Å². The van der Waals surface area contributed by atoms with Crippen LogP contribution in [0.4, 0.5) is 0 Å². The summed E-state index contributed by atoms with van der Waals surface area (Å²) < 4.78 is 0. The van der Waals surface area contributed by atoms with Crippen molar-refractivity contribution in [3.63, 3.8) is 0 Å². The van der Waals surface area contributed by atoms with Gasteiger partial charge in [-0.05, 0) is 19.8 Å². The van der Waals surface area contributed by atoms with Crippen LogP contribution in [0.1, 0.15) is 20.8 Å². The molecule has 0 radical (unpaired) electrons. The van der Waals surface area contributed by atoms with Crippen LogP contribution in [0.2, 0.25) is 0 Å². The van der Waals surface area contributed by atoms with Crippen LogP contribution in [0.25, 0.3) is 0 Å². The molecule has 0 saturated carbocycles. The van der Waals surface area contributed by atoms with Gasteiger partial charge in [-0.15, -0.1) is 0 Å². The van der Waals surface area contributed by atoms with E-state index < -0.39 is 0 Å². The van der Waals surface area contributed by atoms with E-state index in [0.29, 0.717) is 11.3 Å². The van der Waals surface area contributed by atoms with Crippen LogP contribution in [0.5, 0.6) is 0 Å². The fourth-order valence-corrected chi connectivity index (χ4v) is 1.71. The molecule has 0 bridgehead atoms. The average Bonchev–Trinajstić information content (AvgIpc) is 2.13. The molecule has 1 aliphatic heterocycles. The van der Waals surface area contributed by atoms with Crippen molar-refractivity contribution in [2.75, 3.05) is 13.1 Å². The first-order valence-corrected chi connectivity index (χ1v) is 4.55. The third-order valence-corrected chi connectivity index (χ3v) is 3.00. The normalized spacial score (nSPS) is 35.7. The minimum Gasteiger partial charge on any atom is -0.300 e. The predicted octanol–water partition coefficient (Wildman–Crippen LogP) is 1.64. The van der Waals surface area contributed by atoms with Crippen LogP contribution in [-0.2, 0) is 0 Å². The van der Waals surface area contributed by atoms with E-state index in [9.17, 15) is 0 Å². The Morgan fingerprint density at radius 3 is 2.20 bits per heavy atom. The molecule has 1 rings (SSSR count). The second kappa shape index (κ2) is 3.14. The van der Waals surface area contributed by atoms with E-state index >= 15 is 0 Å². The van der Waals surface area contributed by atoms with Gasteiger partial charge in [0.2, 0.25) is 0 Å². The molecule has 2 atom stereocenters. The summed E-state index contributed by atoms with van der Waals surface area (Å²) in [4.78, 5) is 2.49. The molecule has 60 valence electrons. The number of nitrogens with zero attached hydrogens (tertiary/aromatic N) is 1. The molecule has 0 N–H and O–H groups in total. The molecule has 10 heavy (non-hydrogen) atoms. The van der Waals surface area contributed by atoms with Gasteiger partial charge in [-0.25, -0.2) is 0 Å². The maximum atomic E-state index is 4.50. The van der Waals surface area contributed by atoms with Crippen molar-refractivity contribution in [3.05, 3.63) is 0 Å². The van der Waals surface area contributed by atoms with Gasteiger partial charge in [-0.3, -0.25) is 4.90 Å². The van der Waals surface area contributed by atoms with E-state index in [1.54, 1.807) is 0 Å². The lowest BCUT2D eigenvalue weighted by Crippen LogP contribution is -2.28. The van der Waals surface area contributed by atoms with Gasteiger partial charge in [-0.1, -0.05) is 6.92 Å². The zero-order chi connectivity index (χ0) is 7.72. The molecular formula is C8H17NS. The molecule has 1 aliphatic rings. The lowest BCUT2D eigenvalue weighted by molar-refractivity contribution is 0.268. The van der Waals surface area contributed by atoms with Crippen LogP contribution in [0.15, 0.2) is 0 Å². The monoisotopic (exact) mass is 159 g/mol. The summed E-state index contributed by atoms with van der Waals surface area (Å²) in [6.45, 7) is 9.17. The van der Waals surface area contributed by atoms with Gasteiger partial charge in [0.05, 0.1) is 0 Å². The van der Waals surface area contributed by atoms with Crippen molar-refractivity contribution in [1.29, 1.82) is 0 Å². The third kappa shape index (κ3) is 1.67. The fourth-order valence-electron chi connectivity index (χ4n) is 1.41. The van der Waals surface area contributed by atoms with Gasteiger partial charge in [0, 0.05) is 24.4 Å². The zero-order valence-corrected chi connectivity index (χ0v) is 7.94. The Morgan fingerprint density at radius 1 is 1.40 bits per heavy atom. The van der Waals surface area contributed by atoms with Gasteiger partial charge in [0.15, 0.2) is 0 Å². The van der Waals surface area contributed by atoms with Crippen LogP contribution >= 0.6 is 12.6 Å². The maximum absolute atomic E-state index is 4.50. The van der Waals surface area contributed by atoms with Gasteiger partial charge in [-0.2, -0.15) is 12.6 Å². The van der Waals surface area contributed by atoms with Crippen molar-refractivity contribution >= 4 is 12.6 Å². The van der Waals surface area contributed by atoms with E-state index in [4.69, 9.17) is 0 Å². The van der Waals surface area contributed by atoms with Gasteiger partial charge in [0.25, 0.3) is 0 Å². The zero-order valence-electron chi connectivity index (χ0n) is 7.04. The highest BCUT2D eigenvalue weighted by Gasteiger charge is 2.27. The van der Waals surface area contributed by atoms with E-state index in [0.717, 1.165) is 5.92 Å². The Kier molecular flexibility index (Phi) is 2.64. The van der Waals surface area contributed by atoms with E-state index in [1.165, 1.54) is 13.1 Å². The molecule has 0 aromatic carbocycles. The Bertz CT molecular complexity index is 104. The first-order valence-electron chi connectivity index (χ1n) is 4.03. The van der Waals surface area contributed by atoms with Crippen molar-refractivity contribution < 1.29 is 0 Å². The van der Waals surface area contributed by atoms with Gasteiger partial charge in [0.1, 0.15) is 0 Å². The Balaban J connectivity index is 2.41. The standard InChI is InChI=1S/C8H17NS/c1-6(2)9-4-7(3)8(10)5-9/h6-8,10H,4-5H2,1-3H3. The largest absolute Gasteiger partial charge is 0.300 e. The molecule has 0 spiro atoms. The summed E-state index contributed by atoms with van der Waals surface area (Å²) in [6, 6.07) is 0.694. The minimum atomic E-state index is 0.599. The molecular weight excluding hydrogens is 142 g/mol.